The second-order valence-electron chi connectivity index (χ2n) is 5.96. The first-order valence-electron chi connectivity index (χ1n) is 7.98. The number of anilines is 2. The molecule has 2 heterocycles. The van der Waals surface area contributed by atoms with Crippen LogP contribution in [0.25, 0.3) is 0 Å². The number of hydrogen-bond acceptors (Lipinski definition) is 7. The summed E-state index contributed by atoms with van der Waals surface area (Å²) in [5.74, 6) is 0.791. The highest BCUT2D eigenvalue weighted by molar-refractivity contribution is 5.74. The second kappa shape index (κ2) is 7.31. The van der Waals surface area contributed by atoms with E-state index >= 15 is 0 Å². The molecule has 0 fully saturated rings. The molecule has 2 aromatic heterocycles. The van der Waals surface area contributed by atoms with E-state index in [0.717, 1.165) is 11.5 Å². The second-order valence-corrected chi connectivity index (χ2v) is 5.96. The summed E-state index contributed by atoms with van der Waals surface area (Å²) in [6, 6.07) is 9.20. The Hall–Kier alpha value is -2.93. The molecule has 3 rings (SSSR count). The lowest BCUT2D eigenvalue weighted by atomic mass is 10.1. The van der Waals surface area contributed by atoms with Gasteiger partial charge in [0.15, 0.2) is 0 Å². The van der Waals surface area contributed by atoms with Crippen LogP contribution in [0, 0.1) is 0 Å². The van der Waals surface area contributed by atoms with Gasteiger partial charge >= 0.3 is 0 Å². The number of nitrogens with one attached hydrogen (secondary N) is 2. The lowest BCUT2D eigenvalue weighted by molar-refractivity contribution is 0.269. The van der Waals surface area contributed by atoms with E-state index in [1.54, 1.807) is 12.5 Å². The Morgan fingerprint density at radius 1 is 1.08 bits per heavy atom. The van der Waals surface area contributed by atoms with Crippen LogP contribution in [-0.2, 0) is 6.54 Å². The van der Waals surface area contributed by atoms with Gasteiger partial charge in [-0.2, -0.15) is 0 Å². The van der Waals surface area contributed by atoms with Crippen molar-refractivity contribution in [2.24, 2.45) is 0 Å². The van der Waals surface area contributed by atoms with Crippen molar-refractivity contribution in [3.8, 4) is 0 Å². The molecule has 0 saturated heterocycles. The summed E-state index contributed by atoms with van der Waals surface area (Å²) in [6.45, 7) is 0.833. The number of furan rings is 1. The van der Waals surface area contributed by atoms with Gasteiger partial charge in [0.25, 0.3) is 10.9 Å². The molecule has 1 aromatic carbocycles. The van der Waals surface area contributed by atoms with Crippen molar-refractivity contribution >= 4 is 11.4 Å². The Bertz CT molecular complexity index is 881. The Morgan fingerprint density at radius 2 is 1.84 bits per heavy atom. The predicted molar refractivity (Wildman–Crippen MR) is 96.5 cm³/mol. The smallest absolute Gasteiger partial charge is 0.253 e. The molecule has 7 nitrogen and oxygen atoms in total. The van der Waals surface area contributed by atoms with Crippen LogP contribution in [0.1, 0.15) is 17.5 Å². The molecule has 0 bridgehead atoms. The monoisotopic (exact) mass is 340 g/mol. The Labute approximate surface area is 145 Å². The zero-order valence-corrected chi connectivity index (χ0v) is 14.2. The Kier molecular flexibility index (Phi) is 4.95. The molecule has 0 spiro atoms. The topological polar surface area (TPSA) is 87.5 Å². The quantitative estimate of drug-likeness (QED) is 0.602. The van der Waals surface area contributed by atoms with Crippen LogP contribution in [0.15, 0.2) is 56.8 Å². The van der Waals surface area contributed by atoms with E-state index in [9.17, 15) is 9.59 Å². The standard InChI is InChI=1S/C18H20N4O3/c1-22(2)13(14-7-5-9-25-14)11-21-16-15(17(23)18(16)24)20-10-12-6-3-4-8-19-12/h3-9,13,20-21H,10-11H2,1-2H3. The number of pyridine rings is 1. The molecule has 0 aliphatic rings. The Balaban J connectivity index is 1.68. The summed E-state index contributed by atoms with van der Waals surface area (Å²) in [5, 5.41) is 6.08. The molecule has 130 valence electrons. The average Bonchev–Trinajstić information content (AvgIpc) is 3.14. The fourth-order valence-corrected chi connectivity index (χ4v) is 2.63. The van der Waals surface area contributed by atoms with Crippen LogP contribution in [0.2, 0.25) is 0 Å². The van der Waals surface area contributed by atoms with Crippen molar-refractivity contribution in [1.82, 2.24) is 9.88 Å². The van der Waals surface area contributed by atoms with Gasteiger partial charge in [0.05, 0.1) is 24.5 Å². The molecule has 2 N–H and O–H groups in total. The highest BCUT2D eigenvalue weighted by Crippen LogP contribution is 2.21. The summed E-state index contributed by atoms with van der Waals surface area (Å²) in [7, 11) is 3.86. The molecule has 1 atom stereocenters. The molecule has 1 unspecified atom stereocenters. The minimum Gasteiger partial charge on any atom is -0.468 e. The first kappa shape index (κ1) is 16.9. The van der Waals surface area contributed by atoms with E-state index < -0.39 is 10.9 Å². The van der Waals surface area contributed by atoms with Gasteiger partial charge in [0.2, 0.25) is 0 Å². The number of hydrogen-bond donors (Lipinski definition) is 2. The van der Waals surface area contributed by atoms with E-state index in [1.807, 2.05) is 49.3 Å². The summed E-state index contributed by atoms with van der Waals surface area (Å²) in [4.78, 5) is 29.9. The largest absolute Gasteiger partial charge is 0.468 e. The lowest BCUT2D eigenvalue weighted by Gasteiger charge is -2.24. The van der Waals surface area contributed by atoms with Crippen molar-refractivity contribution in [3.63, 3.8) is 0 Å². The minimum absolute atomic E-state index is 0.0527. The van der Waals surface area contributed by atoms with Gasteiger partial charge in [0, 0.05) is 12.7 Å². The first-order chi connectivity index (χ1) is 12.1. The van der Waals surface area contributed by atoms with Crippen LogP contribution < -0.4 is 21.5 Å². The van der Waals surface area contributed by atoms with E-state index in [2.05, 4.69) is 15.6 Å². The number of nitrogens with zero attached hydrogens (tertiary/aromatic N) is 2. The van der Waals surface area contributed by atoms with Gasteiger partial charge < -0.3 is 15.1 Å². The Morgan fingerprint density at radius 3 is 2.44 bits per heavy atom. The maximum atomic E-state index is 11.9. The zero-order chi connectivity index (χ0) is 17.8. The maximum Gasteiger partial charge on any atom is 0.253 e. The van der Waals surface area contributed by atoms with Gasteiger partial charge in [-0.05, 0) is 38.4 Å². The zero-order valence-electron chi connectivity index (χ0n) is 14.2. The molecule has 0 aliphatic carbocycles. The SMILES string of the molecule is CN(C)C(CNc1c(NCc2ccccn2)c(=O)c1=O)c1ccco1. The molecule has 0 radical (unpaired) electrons. The fourth-order valence-electron chi connectivity index (χ4n) is 2.63. The van der Waals surface area contributed by atoms with Gasteiger partial charge in [-0.1, -0.05) is 6.07 Å². The van der Waals surface area contributed by atoms with Crippen molar-refractivity contribution in [2.45, 2.75) is 12.6 Å². The van der Waals surface area contributed by atoms with Crippen molar-refractivity contribution < 1.29 is 4.42 Å². The average molecular weight is 340 g/mol. The van der Waals surface area contributed by atoms with Crippen LogP contribution in [0.3, 0.4) is 0 Å². The molecule has 7 heteroatoms. The van der Waals surface area contributed by atoms with Gasteiger partial charge in [-0.3, -0.25) is 19.5 Å². The lowest BCUT2D eigenvalue weighted by Crippen LogP contribution is -2.39. The van der Waals surface area contributed by atoms with Crippen molar-refractivity contribution in [1.29, 1.82) is 0 Å². The third-order valence-electron chi connectivity index (χ3n) is 4.05. The van der Waals surface area contributed by atoms with Gasteiger partial charge in [0.1, 0.15) is 17.1 Å². The van der Waals surface area contributed by atoms with Crippen molar-refractivity contribution in [3.05, 3.63) is 74.7 Å². The van der Waals surface area contributed by atoms with Crippen LogP contribution >= 0.6 is 0 Å². The molecule has 0 saturated carbocycles. The third-order valence-corrected chi connectivity index (χ3v) is 4.05. The molecule has 0 amide bonds. The van der Waals surface area contributed by atoms with E-state index in [-0.39, 0.29) is 6.04 Å². The van der Waals surface area contributed by atoms with E-state index in [4.69, 9.17) is 4.42 Å². The first-order valence-corrected chi connectivity index (χ1v) is 7.98. The molecular weight excluding hydrogens is 320 g/mol. The summed E-state index contributed by atoms with van der Waals surface area (Å²) >= 11 is 0. The predicted octanol–water partition coefficient (Wildman–Crippen LogP) is 1.60. The van der Waals surface area contributed by atoms with Gasteiger partial charge in [-0.25, -0.2) is 0 Å². The number of rotatable bonds is 8. The minimum atomic E-state index is -0.502. The van der Waals surface area contributed by atoms with Crippen LogP contribution in [0.4, 0.5) is 11.4 Å². The molecule has 0 aliphatic heterocycles. The highest BCUT2D eigenvalue weighted by Gasteiger charge is 2.23. The van der Waals surface area contributed by atoms with E-state index in [0.29, 0.717) is 24.5 Å². The molecular formula is C18H20N4O3. The highest BCUT2D eigenvalue weighted by atomic mass is 16.3. The molecule has 25 heavy (non-hydrogen) atoms. The van der Waals surface area contributed by atoms with Gasteiger partial charge in [-0.15, -0.1) is 0 Å². The number of aromatic nitrogens is 1. The number of likely N-dealkylation sites (N-methyl/N-ethyl adjacent to an activating group) is 1. The van der Waals surface area contributed by atoms with E-state index in [1.165, 1.54) is 0 Å². The molecule has 3 aromatic rings. The van der Waals surface area contributed by atoms with Crippen LogP contribution in [-0.4, -0.2) is 30.5 Å². The normalized spacial score (nSPS) is 12.4. The van der Waals surface area contributed by atoms with Crippen LogP contribution in [0.5, 0.6) is 0 Å². The third kappa shape index (κ3) is 3.61. The fraction of sp³-hybridized carbons (Fsp3) is 0.278. The summed E-state index contributed by atoms with van der Waals surface area (Å²) < 4.78 is 5.45. The summed E-state index contributed by atoms with van der Waals surface area (Å²) in [6.07, 6.45) is 3.30. The van der Waals surface area contributed by atoms with Crippen molar-refractivity contribution in [2.75, 3.05) is 31.3 Å². The summed E-state index contributed by atoms with van der Waals surface area (Å²) in [5.41, 5.74) is 0.425. The maximum absolute atomic E-state index is 11.9.